The van der Waals surface area contributed by atoms with E-state index in [-0.39, 0.29) is 17.6 Å². The summed E-state index contributed by atoms with van der Waals surface area (Å²) in [4.78, 5) is 24.6. The lowest BCUT2D eigenvalue weighted by molar-refractivity contribution is 0.0965. The quantitative estimate of drug-likeness (QED) is 0.395. The van der Waals surface area contributed by atoms with Crippen LogP contribution in [0.5, 0.6) is 0 Å². The first-order valence-corrected chi connectivity index (χ1v) is 13.4. The van der Waals surface area contributed by atoms with E-state index in [4.69, 9.17) is 0 Å². The summed E-state index contributed by atoms with van der Waals surface area (Å²) in [5, 5.41) is 5.94. The van der Waals surface area contributed by atoms with Crippen molar-refractivity contribution in [2.24, 2.45) is 17.8 Å². The first-order chi connectivity index (χ1) is 17.7. The van der Waals surface area contributed by atoms with E-state index in [1.807, 2.05) is 13.0 Å². The number of ketones is 1. The molecule has 0 unspecified atom stereocenters. The molecule has 5 heteroatoms. The fourth-order valence-electron chi connectivity index (χ4n) is 6.60. The lowest BCUT2D eigenvalue weighted by Crippen LogP contribution is -2.14. The number of hydrogen-bond acceptors (Lipinski definition) is 2. The van der Waals surface area contributed by atoms with Crippen LogP contribution in [0.25, 0.3) is 29.9 Å². The highest BCUT2D eigenvalue weighted by Crippen LogP contribution is 2.46. The van der Waals surface area contributed by atoms with Gasteiger partial charge in [0.2, 0.25) is 0 Å². The summed E-state index contributed by atoms with van der Waals surface area (Å²) in [6, 6.07) is 0. The van der Waals surface area contributed by atoms with Gasteiger partial charge in [0.15, 0.2) is 5.78 Å². The molecule has 0 amide bonds. The van der Waals surface area contributed by atoms with Gasteiger partial charge in [0.1, 0.15) is 0 Å². The Balaban J connectivity index is 1.75. The van der Waals surface area contributed by atoms with Gasteiger partial charge in [-0.15, -0.1) is 0 Å². The summed E-state index contributed by atoms with van der Waals surface area (Å²) >= 11 is 0. The van der Waals surface area contributed by atoms with Crippen LogP contribution in [0.15, 0.2) is 18.0 Å². The van der Waals surface area contributed by atoms with E-state index in [0.717, 1.165) is 67.9 Å². The van der Waals surface area contributed by atoms with E-state index < -0.39 is 0 Å². The monoisotopic (exact) mass is 492 g/mol. The van der Waals surface area contributed by atoms with E-state index >= 15 is 0 Å². The standard InChI is InChI=1S/C32H36N4O/c1-9-20-16(5)23-11-22-14(3)15(4)30(35-22)28-19(8)32(37)29-18(7)25(36-31(28)29)13-27-21(10-2)17(6)24(34-27)12-26(20)33-23/h9,11-15,19,33-36H,1,10H2,2-8H3/b22-11-,24-12-,27-13-,30-28-/t14-,15-,19+/m0/s1. The van der Waals surface area contributed by atoms with Gasteiger partial charge in [-0.3, -0.25) is 4.79 Å². The maximum Gasteiger partial charge on any atom is 0.172 e. The van der Waals surface area contributed by atoms with Crippen LogP contribution in [0, 0.1) is 38.5 Å². The largest absolute Gasteiger partial charge is 0.361 e. The lowest BCUT2D eigenvalue weighted by atomic mass is 9.90. The number of carbonyl (C=O) groups is 1. The van der Waals surface area contributed by atoms with Crippen molar-refractivity contribution in [3.8, 4) is 0 Å². The van der Waals surface area contributed by atoms with Gasteiger partial charge in [-0.05, 0) is 67.7 Å². The predicted octanol–water partition coefficient (Wildman–Crippen LogP) is 5.23. The molecule has 5 heterocycles. The van der Waals surface area contributed by atoms with Crippen LogP contribution in [-0.4, -0.2) is 20.7 Å². The predicted molar refractivity (Wildman–Crippen MR) is 152 cm³/mol. The Bertz CT molecular complexity index is 1700. The molecule has 0 radical (unpaired) electrons. The van der Waals surface area contributed by atoms with Gasteiger partial charge in [-0.1, -0.05) is 40.3 Å². The smallest absolute Gasteiger partial charge is 0.172 e. The van der Waals surface area contributed by atoms with Crippen LogP contribution in [-0.2, 0) is 6.42 Å². The van der Waals surface area contributed by atoms with E-state index in [0.29, 0.717) is 5.92 Å². The molecule has 0 spiro atoms. The SMILES string of the molecule is C=Cc1c2[nH]c(c1C)/C=C1\N/C(=C3\c4[nH]c(c(C)c4C(=O)[C@@H]3C)/C=c3\[nH]/c(c(C)c3CC)=C\2)[C@@H](C)[C@@H]1C. The average Bonchev–Trinajstić information content (AvgIpc) is 3.58. The number of nitrogens with one attached hydrogen (secondary N) is 4. The lowest BCUT2D eigenvalue weighted by Gasteiger charge is -2.14. The van der Waals surface area contributed by atoms with Gasteiger partial charge in [0, 0.05) is 73.6 Å². The van der Waals surface area contributed by atoms with Crippen molar-refractivity contribution in [2.45, 2.75) is 54.9 Å². The third-order valence-corrected chi connectivity index (χ3v) is 9.15. The Morgan fingerprint density at radius 1 is 0.865 bits per heavy atom. The van der Waals surface area contributed by atoms with Gasteiger partial charge in [-0.25, -0.2) is 0 Å². The highest BCUT2D eigenvalue weighted by atomic mass is 16.1. The molecule has 190 valence electrons. The van der Waals surface area contributed by atoms with Crippen LogP contribution in [0.1, 0.15) is 88.6 Å². The second-order valence-electron chi connectivity index (χ2n) is 11.0. The topological polar surface area (TPSA) is 76.5 Å². The Morgan fingerprint density at radius 2 is 1.57 bits per heavy atom. The molecule has 3 aliphatic rings. The molecule has 5 nitrogen and oxygen atoms in total. The highest BCUT2D eigenvalue weighted by molar-refractivity contribution is 6.15. The molecule has 1 fully saturated rings. The first kappa shape index (κ1) is 23.7. The van der Waals surface area contributed by atoms with Gasteiger partial charge in [0.25, 0.3) is 0 Å². The van der Waals surface area contributed by atoms with Crippen molar-refractivity contribution >= 4 is 35.7 Å². The van der Waals surface area contributed by atoms with Crippen molar-refractivity contribution in [3.05, 3.63) is 84.8 Å². The molecule has 1 aliphatic carbocycles. The number of Topliss-reactive ketones (excluding diaryl/α,β-unsaturated/α-hetero) is 1. The highest BCUT2D eigenvalue weighted by Gasteiger charge is 2.41. The molecule has 3 aromatic heterocycles. The van der Waals surface area contributed by atoms with Crippen LogP contribution in [0.3, 0.4) is 0 Å². The van der Waals surface area contributed by atoms with Crippen LogP contribution in [0.4, 0.5) is 0 Å². The third kappa shape index (κ3) is 3.19. The fraction of sp³-hybridized carbons (Fsp3) is 0.344. The molecule has 8 bridgehead atoms. The molecule has 37 heavy (non-hydrogen) atoms. The average molecular weight is 493 g/mol. The summed E-state index contributed by atoms with van der Waals surface area (Å²) in [6.07, 6.45) is 9.49. The Labute approximate surface area is 218 Å². The van der Waals surface area contributed by atoms with E-state index in [1.54, 1.807) is 0 Å². The molecule has 4 N–H and O–H groups in total. The zero-order valence-corrected chi connectivity index (χ0v) is 22.9. The molecule has 2 aliphatic heterocycles. The summed E-state index contributed by atoms with van der Waals surface area (Å²) in [6.45, 7) is 19.3. The normalized spacial score (nSPS) is 27.3. The van der Waals surface area contributed by atoms with Gasteiger partial charge in [0.05, 0.1) is 5.69 Å². The Morgan fingerprint density at radius 3 is 2.27 bits per heavy atom. The van der Waals surface area contributed by atoms with E-state index in [9.17, 15) is 4.79 Å². The molecule has 0 saturated carbocycles. The number of hydrogen-bond donors (Lipinski definition) is 4. The second kappa shape index (κ2) is 8.14. The number of aromatic nitrogens is 3. The third-order valence-electron chi connectivity index (χ3n) is 9.15. The zero-order chi connectivity index (χ0) is 26.3. The molecule has 1 saturated heterocycles. The minimum Gasteiger partial charge on any atom is -0.361 e. The van der Waals surface area contributed by atoms with Crippen molar-refractivity contribution in [1.29, 1.82) is 0 Å². The summed E-state index contributed by atoms with van der Waals surface area (Å²) < 4.78 is 0. The van der Waals surface area contributed by atoms with E-state index in [1.165, 1.54) is 22.4 Å². The van der Waals surface area contributed by atoms with Crippen LogP contribution in [0.2, 0.25) is 0 Å². The number of allylic oxidation sites excluding steroid dienone is 3. The molecule has 6 rings (SSSR count). The van der Waals surface area contributed by atoms with Crippen molar-refractivity contribution in [3.63, 3.8) is 0 Å². The number of carbonyl (C=O) groups excluding carboxylic acids is 1. The number of rotatable bonds is 2. The molecular formula is C32H36N4O. The van der Waals surface area contributed by atoms with Crippen molar-refractivity contribution < 1.29 is 4.79 Å². The summed E-state index contributed by atoms with van der Waals surface area (Å²) in [5.74, 6) is 0.609. The summed E-state index contributed by atoms with van der Waals surface area (Å²) in [5.41, 5.74) is 14.3. The first-order valence-electron chi connectivity index (χ1n) is 13.4. The Kier molecular flexibility index (Phi) is 5.20. The molecule has 3 aromatic rings. The van der Waals surface area contributed by atoms with Crippen molar-refractivity contribution in [2.75, 3.05) is 0 Å². The zero-order valence-electron chi connectivity index (χ0n) is 22.9. The number of fused-ring (bicyclic) bond motifs is 7. The fourth-order valence-corrected chi connectivity index (χ4v) is 6.60. The van der Waals surface area contributed by atoms with E-state index in [2.05, 4.69) is 86.6 Å². The molecule has 0 aromatic carbocycles. The second-order valence-corrected chi connectivity index (χ2v) is 11.0. The van der Waals surface area contributed by atoms with Crippen molar-refractivity contribution in [1.82, 2.24) is 20.3 Å². The Hall–Kier alpha value is -3.73. The van der Waals surface area contributed by atoms with Crippen LogP contribution >= 0.6 is 0 Å². The molecular weight excluding hydrogens is 456 g/mol. The maximum absolute atomic E-state index is 13.5. The van der Waals surface area contributed by atoms with Gasteiger partial charge >= 0.3 is 0 Å². The molecule has 3 atom stereocenters. The maximum atomic E-state index is 13.5. The minimum atomic E-state index is -0.171. The van der Waals surface area contributed by atoms with Gasteiger partial charge < -0.3 is 20.3 Å². The van der Waals surface area contributed by atoms with Crippen LogP contribution < -0.4 is 16.0 Å². The summed E-state index contributed by atoms with van der Waals surface area (Å²) in [7, 11) is 0. The number of H-pyrrole nitrogens is 3. The minimum absolute atomic E-state index is 0.171. The number of aromatic amines is 3. The van der Waals surface area contributed by atoms with Gasteiger partial charge in [-0.2, -0.15) is 0 Å².